The molecular weight excluding hydrogens is 377 g/mol. The number of halogens is 2. The Morgan fingerprint density at radius 2 is 1.96 bits per heavy atom. The van der Waals surface area contributed by atoms with Gasteiger partial charge in [-0.25, -0.2) is 4.39 Å². The van der Waals surface area contributed by atoms with Crippen LogP contribution in [0.3, 0.4) is 0 Å². The number of carbonyl (C=O) groups is 1. The first-order chi connectivity index (χ1) is 13.4. The van der Waals surface area contributed by atoms with Crippen LogP contribution in [-0.4, -0.2) is 35.5 Å². The van der Waals surface area contributed by atoms with Crippen molar-refractivity contribution in [2.45, 2.75) is 51.5 Å². The van der Waals surface area contributed by atoms with Gasteiger partial charge in [0.2, 0.25) is 5.91 Å². The van der Waals surface area contributed by atoms with Crippen LogP contribution in [-0.2, 0) is 17.9 Å². The van der Waals surface area contributed by atoms with Crippen molar-refractivity contribution in [2.75, 3.05) is 6.54 Å². The summed E-state index contributed by atoms with van der Waals surface area (Å²) < 4.78 is 13.1. The van der Waals surface area contributed by atoms with Crippen molar-refractivity contribution < 1.29 is 9.18 Å². The Balaban J connectivity index is 1.66. The molecule has 150 valence electrons. The van der Waals surface area contributed by atoms with Crippen LogP contribution in [0.4, 0.5) is 4.39 Å². The lowest BCUT2D eigenvalue weighted by Crippen LogP contribution is -2.45. The van der Waals surface area contributed by atoms with Gasteiger partial charge in [-0.05, 0) is 55.7 Å². The maximum Gasteiger partial charge on any atom is 0.237 e. The normalized spacial score (nSPS) is 19.9. The van der Waals surface area contributed by atoms with Crippen LogP contribution in [0.1, 0.15) is 31.4 Å². The Morgan fingerprint density at radius 3 is 2.64 bits per heavy atom. The highest BCUT2D eigenvalue weighted by Crippen LogP contribution is 2.23. The predicted octanol–water partition coefficient (Wildman–Crippen LogP) is 3.74. The number of hydrogen-bond acceptors (Lipinski definition) is 3. The van der Waals surface area contributed by atoms with Crippen molar-refractivity contribution in [1.82, 2.24) is 15.5 Å². The molecular formula is C22H27ClFN3O. The van der Waals surface area contributed by atoms with Crippen LogP contribution < -0.4 is 10.6 Å². The van der Waals surface area contributed by atoms with Crippen LogP contribution in [0.15, 0.2) is 48.5 Å². The van der Waals surface area contributed by atoms with E-state index >= 15 is 0 Å². The molecule has 1 saturated heterocycles. The largest absolute Gasteiger partial charge is 0.353 e. The van der Waals surface area contributed by atoms with Crippen molar-refractivity contribution in [3.63, 3.8) is 0 Å². The first kappa shape index (κ1) is 20.8. The Hall–Kier alpha value is -1.95. The summed E-state index contributed by atoms with van der Waals surface area (Å²) in [5.74, 6) is -0.175. The first-order valence-electron chi connectivity index (χ1n) is 9.67. The lowest BCUT2D eigenvalue weighted by Gasteiger charge is -2.24. The Morgan fingerprint density at radius 1 is 1.21 bits per heavy atom. The second-order valence-electron chi connectivity index (χ2n) is 7.68. The molecule has 0 saturated carbocycles. The van der Waals surface area contributed by atoms with E-state index in [4.69, 9.17) is 11.6 Å². The van der Waals surface area contributed by atoms with E-state index in [2.05, 4.69) is 15.5 Å². The minimum Gasteiger partial charge on any atom is -0.353 e. The molecule has 1 aliphatic heterocycles. The van der Waals surface area contributed by atoms with E-state index in [0.29, 0.717) is 18.1 Å². The van der Waals surface area contributed by atoms with E-state index in [-0.39, 0.29) is 29.8 Å². The molecule has 2 aromatic carbocycles. The van der Waals surface area contributed by atoms with Crippen molar-refractivity contribution in [3.8, 4) is 0 Å². The molecule has 4 nitrogen and oxygen atoms in total. The molecule has 0 aliphatic carbocycles. The number of carbonyl (C=O) groups excluding carboxylic acids is 1. The molecule has 2 aromatic rings. The van der Waals surface area contributed by atoms with Gasteiger partial charge in [0.1, 0.15) is 5.82 Å². The second-order valence-corrected chi connectivity index (χ2v) is 8.11. The molecule has 0 spiro atoms. The number of amides is 1. The number of benzene rings is 2. The summed E-state index contributed by atoms with van der Waals surface area (Å²) in [5.41, 5.74) is 2.12. The van der Waals surface area contributed by atoms with Gasteiger partial charge in [-0.3, -0.25) is 9.69 Å². The number of hydrogen-bond donors (Lipinski definition) is 2. The van der Waals surface area contributed by atoms with Crippen LogP contribution in [0, 0.1) is 5.82 Å². The third-order valence-electron chi connectivity index (χ3n) is 4.92. The third kappa shape index (κ3) is 5.77. The lowest BCUT2D eigenvalue weighted by molar-refractivity contribution is -0.126. The van der Waals surface area contributed by atoms with E-state index in [9.17, 15) is 9.18 Å². The summed E-state index contributed by atoms with van der Waals surface area (Å²) in [6, 6.07) is 14.4. The standard InChI is InChI=1S/C22H27ClFN3O/c1-15(2)26-22(28)21-11-20(25-12-16-6-8-19(24)9-7-16)14-27(21)13-17-4-3-5-18(23)10-17/h3-10,15,20-21,25H,11-14H2,1-2H3,(H,26,28)/t20-,21+/m1/s1. The van der Waals surface area contributed by atoms with Gasteiger partial charge < -0.3 is 10.6 Å². The Bertz CT molecular complexity index is 797. The summed E-state index contributed by atoms with van der Waals surface area (Å²) in [7, 11) is 0. The van der Waals surface area contributed by atoms with Gasteiger partial charge in [0.05, 0.1) is 6.04 Å². The molecule has 28 heavy (non-hydrogen) atoms. The molecule has 2 N–H and O–H groups in total. The van der Waals surface area contributed by atoms with Crippen LogP contribution in [0.25, 0.3) is 0 Å². The molecule has 0 radical (unpaired) electrons. The molecule has 0 unspecified atom stereocenters. The van der Waals surface area contributed by atoms with E-state index in [1.165, 1.54) is 12.1 Å². The third-order valence-corrected chi connectivity index (χ3v) is 5.15. The second kappa shape index (κ2) is 9.50. The van der Waals surface area contributed by atoms with E-state index in [0.717, 1.165) is 24.1 Å². The number of nitrogens with one attached hydrogen (secondary N) is 2. The van der Waals surface area contributed by atoms with Gasteiger partial charge in [0.15, 0.2) is 0 Å². The van der Waals surface area contributed by atoms with Crippen molar-refractivity contribution >= 4 is 17.5 Å². The Kier molecular flexibility index (Phi) is 7.05. The van der Waals surface area contributed by atoms with Crippen LogP contribution >= 0.6 is 11.6 Å². The van der Waals surface area contributed by atoms with Crippen LogP contribution in [0.2, 0.25) is 5.02 Å². The van der Waals surface area contributed by atoms with Crippen molar-refractivity contribution in [2.24, 2.45) is 0 Å². The topological polar surface area (TPSA) is 44.4 Å². The summed E-state index contributed by atoms with van der Waals surface area (Å²) in [5, 5.41) is 7.25. The fraction of sp³-hybridized carbons (Fsp3) is 0.409. The monoisotopic (exact) mass is 403 g/mol. The minimum absolute atomic E-state index is 0.0584. The molecule has 1 fully saturated rings. The predicted molar refractivity (Wildman–Crippen MR) is 111 cm³/mol. The van der Waals surface area contributed by atoms with E-state index in [1.807, 2.05) is 38.1 Å². The van der Waals surface area contributed by atoms with Gasteiger partial charge in [0, 0.05) is 36.7 Å². The smallest absolute Gasteiger partial charge is 0.237 e. The molecule has 1 amide bonds. The Labute approximate surface area is 171 Å². The minimum atomic E-state index is -0.234. The average molecular weight is 404 g/mol. The molecule has 0 aromatic heterocycles. The number of nitrogens with zero attached hydrogens (tertiary/aromatic N) is 1. The lowest BCUT2D eigenvalue weighted by atomic mass is 10.1. The summed E-state index contributed by atoms with van der Waals surface area (Å²) in [4.78, 5) is 14.9. The van der Waals surface area contributed by atoms with E-state index in [1.54, 1.807) is 12.1 Å². The maximum atomic E-state index is 13.1. The SMILES string of the molecule is CC(C)NC(=O)[C@@H]1C[C@@H](NCc2ccc(F)cc2)CN1Cc1cccc(Cl)c1. The fourth-order valence-electron chi connectivity index (χ4n) is 3.61. The highest BCUT2D eigenvalue weighted by molar-refractivity contribution is 6.30. The van der Waals surface area contributed by atoms with Crippen molar-refractivity contribution in [3.05, 3.63) is 70.5 Å². The zero-order valence-corrected chi connectivity index (χ0v) is 17.0. The van der Waals surface area contributed by atoms with Gasteiger partial charge in [-0.15, -0.1) is 0 Å². The average Bonchev–Trinajstić information content (AvgIpc) is 3.03. The summed E-state index contributed by atoms with van der Waals surface area (Å²) >= 11 is 6.12. The first-order valence-corrected chi connectivity index (χ1v) is 10.0. The zero-order chi connectivity index (χ0) is 20.1. The van der Waals surface area contributed by atoms with E-state index < -0.39 is 0 Å². The highest BCUT2D eigenvalue weighted by atomic mass is 35.5. The molecule has 3 rings (SSSR count). The molecule has 2 atom stereocenters. The number of rotatable bonds is 7. The molecule has 1 aliphatic rings. The summed E-state index contributed by atoms with van der Waals surface area (Å²) in [6.45, 7) is 6.03. The van der Waals surface area contributed by atoms with Gasteiger partial charge >= 0.3 is 0 Å². The van der Waals surface area contributed by atoms with Gasteiger partial charge in [-0.1, -0.05) is 35.9 Å². The zero-order valence-electron chi connectivity index (χ0n) is 16.3. The fourth-order valence-corrected chi connectivity index (χ4v) is 3.83. The molecule has 1 heterocycles. The van der Waals surface area contributed by atoms with Crippen molar-refractivity contribution in [1.29, 1.82) is 0 Å². The van der Waals surface area contributed by atoms with Gasteiger partial charge in [0.25, 0.3) is 0 Å². The highest BCUT2D eigenvalue weighted by Gasteiger charge is 2.36. The summed E-state index contributed by atoms with van der Waals surface area (Å²) in [6.07, 6.45) is 0.736. The molecule has 6 heteroatoms. The molecule has 0 bridgehead atoms. The van der Waals surface area contributed by atoms with Gasteiger partial charge in [-0.2, -0.15) is 0 Å². The van der Waals surface area contributed by atoms with Crippen LogP contribution in [0.5, 0.6) is 0 Å². The number of likely N-dealkylation sites (tertiary alicyclic amines) is 1. The maximum absolute atomic E-state index is 13.1. The quantitative estimate of drug-likeness (QED) is 0.740.